The number of nitrogens with zero attached hydrogens (tertiary/aromatic N) is 2. The van der Waals surface area contributed by atoms with Gasteiger partial charge in [-0.15, -0.1) is 0 Å². The molecule has 3 N–H and O–H groups in total. The van der Waals surface area contributed by atoms with Crippen molar-refractivity contribution >= 4 is 0 Å². The Kier molecular flexibility index (Phi) is 6.41. The van der Waals surface area contributed by atoms with Crippen molar-refractivity contribution in [1.29, 1.82) is 0 Å². The van der Waals surface area contributed by atoms with Gasteiger partial charge in [0.1, 0.15) is 0 Å². The first-order valence-corrected chi connectivity index (χ1v) is 6.87. The van der Waals surface area contributed by atoms with Crippen LogP contribution in [-0.4, -0.2) is 66.8 Å². The molecule has 102 valence electrons. The Hall–Kier alpha value is -0.160. The van der Waals surface area contributed by atoms with Gasteiger partial charge >= 0.3 is 0 Å². The Morgan fingerprint density at radius 1 is 1.18 bits per heavy atom. The maximum atomic E-state index is 9.79. The van der Waals surface area contributed by atoms with Crippen molar-refractivity contribution in [3.05, 3.63) is 0 Å². The van der Waals surface area contributed by atoms with Gasteiger partial charge < -0.3 is 20.6 Å². The second-order valence-electron chi connectivity index (χ2n) is 5.66. The molecule has 0 radical (unpaired) electrons. The molecule has 1 saturated heterocycles. The second-order valence-corrected chi connectivity index (χ2v) is 5.66. The van der Waals surface area contributed by atoms with E-state index in [1.165, 1.54) is 39.0 Å². The zero-order chi connectivity index (χ0) is 12.7. The van der Waals surface area contributed by atoms with E-state index in [1.807, 2.05) is 6.92 Å². The Labute approximate surface area is 106 Å². The van der Waals surface area contributed by atoms with Crippen molar-refractivity contribution in [3.8, 4) is 0 Å². The van der Waals surface area contributed by atoms with E-state index >= 15 is 0 Å². The third-order valence-corrected chi connectivity index (χ3v) is 3.69. The lowest BCUT2D eigenvalue weighted by Gasteiger charge is -2.23. The van der Waals surface area contributed by atoms with Gasteiger partial charge in [0.05, 0.1) is 5.60 Å². The summed E-state index contributed by atoms with van der Waals surface area (Å²) in [4.78, 5) is 4.94. The Morgan fingerprint density at radius 3 is 2.65 bits per heavy atom. The minimum Gasteiger partial charge on any atom is -0.389 e. The smallest absolute Gasteiger partial charge is 0.0741 e. The molecule has 4 nitrogen and oxygen atoms in total. The van der Waals surface area contributed by atoms with Crippen LogP contribution in [0.1, 0.15) is 32.6 Å². The molecule has 0 aromatic rings. The molecule has 1 fully saturated rings. The van der Waals surface area contributed by atoms with E-state index in [9.17, 15) is 5.11 Å². The maximum absolute atomic E-state index is 9.79. The van der Waals surface area contributed by atoms with Crippen LogP contribution < -0.4 is 5.73 Å². The van der Waals surface area contributed by atoms with Crippen LogP contribution in [0.15, 0.2) is 0 Å². The number of aliphatic hydroxyl groups is 1. The summed E-state index contributed by atoms with van der Waals surface area (Å²) in [5.74, 6) is 0. The summed E-state index contributed by atoms with van der Waals surface area (Å²) in [6, 6.07) is 0. The van der Waals surface area contributed by atoms with Crippen molar-refractivity contribution < 1.29 is 5.11 Å². The fourth-order valence-electron chi connectivity index (χ4n) is 2.27. The monoisotopic (exact) mass is 243 g/mol. The summed E-state index contributed by atoms with van der Waals surface area (Å²) in [5, 5.41) is 9.79. The van der Waals surface area contributed by atoms with Crippen molar-refractivity contribution in [2.24, 2.45) is 5.73 Å². The number of likely N-dealkylation sites (N-methyl/N-ethyl adjacent to an activating group) is 1. The molecule has 0 amide bonds. The quantitative estimate of drug-likeness (QED) is 0.667. The molecule has 0 aliphatic carbocycles. The molecule has 0 aromatic carbocycles. The number of hydrogen-bond acceptors (Lipinski definition) is 4. The van der Waals surface area contributed by atoms with Crippen molar-refractivity contribution in [2.45, 2.75) is 38.2 Å². The average Bonchev–Trinajstić information content (AvgIpc) is 2.50. The van der Waals surface area contributed by atoms with E-state index in [0.29, 0.717) is 6.54 Å². The summed E-state index contributed by atoms with van der Waals surface area (Å²) in [6.07, 6.45) is 4.32. The van der Waals surface area contributed by atoms with E-state index in [4.69, 9.17) is 5.73 Å². The molecule has 1 aliphatic rings. The average molecular weight is 243 g/mol. The number of rotatable bonds is 6. The molecule has 0 bridgehead atoms. The van der Waals surface area contributed by atoms with Crippen LogP contribution in [0, 0.1) is 0 Å². The van der Waals surface area contributed by atoms with Crippen LogP contribution in [0.2, 0.25) is 0 Å². The molecule has 0 saturated carbocycles. The van der Waals surface area contributed by atoms with Gasteiger partial charge in [0.2, 0.25) is 0 Å². The second kappa shape index (κ2) is 7.31. The van der Waals surface area contributed by atoms with E-state index in [2.05, 4.69) is 16.8 Å². The van der Waals surface area contributed by atoms with Crippen molar-refractivity contribution in [1.82, 2.24) is 9.80 Å². The first-order chi connectivity index (χ1) is 8.03. The van der Waals surface area contributed by atoms with Crippen LogP contribution in [0.4, 0.5) is 0 Å². The molecule has 0 spiro atoms. The molecular weight excluding hydrogens is 214 g/mol. The molecule has 0 aromatic heterocycles. The van der Waals surface area contributed by atoms with Gasteiger partial charge in [-0.2, -0.15) is 0 Å². The van der Waals surface area contributed by atoms with Crippen LogP contribution in [-0.2, 0) is 0 Å². The molecule has 1 atom stereocenters. The van der Waals surface area contributed by atoms with Crippen LogP contribution in [0.25, 0.3) is 0 Å². The molecule has 1 rings (SSSR count). The molecule has 17 heavy (non-hydrogen) atoms. The first-order valence-electron chi connectivity index (χ1n) is 6.87. The number of nitrogens with two attached hydrogens (primary N) is 1. The van der Waals surface area contributed by atoms with Gasteiger partial charge in [0.25, 0.3) is 0 Å². The van der Waals surface area contributed by atoms with Gasteiger partial charge in [-0.3, -0.25) is 0 Å². The van der Waals surface area contributed by atoms with E-state index in [1.54, 1.807) is 0 Å². The third-order valence-electron chi connectivity index (χ3n) is 3.69. The van der Waals surface area contributed by atoms with E-state index in [-0.39, 0.29) is 0 Å². The fraction of sp³-hybridized carbons (Fsp3) is 1.00. The van der Waals surface area contributed by atoms with Crippen LogP contribution >= 0.6 is 0 Å². The molecular formula is C13H29N3O. The maximum Gasteiger partial charge on any atom is 0.0741 e. The summed E-state index contributed by atoms with van der Waals surface area (Å²) in [5.41, 5.74) is 4.83. The molecule has 1 heterocycles. The SMILES string of the molecule is CN1CCCN(CCCCC(C)(O)CN)CC1. The Balaban J connectivity index is 2.10. The van der Waals surface area contributed by atoms with Gasteiger partial charge in [-0.25, -0.2) is 0 Å². The normalized spacial score (nSPS) is 23.3. The zero-order valence-corrected chi connectivity index (χ0v) is 11.5. The number of hydrogen-bond donors (Lipinski definition) is 2. The largest absolute Gasteiger partial charge is 0.389 e. The third kappa shape index (κ3) is 6.36. The summed E-state index contributed by atoms with van der Waals surface area (Å²) < 4.78 is 0. The standard InChI is InChI=1S/C13H29N3O/c1-13(17,12-14)6-3-4-8-16-9-5-7-15(2)10-11-16/h17H,3-12,14H2,1-2H3. The van der Waals surface area contributed by atoms with Gasteiger partial charge in [0, 0.05) is 19.6 Å². The first kappa shape index (κ1) is 14.9. The van der Waals surface area contributed by atoms with Crippen LogP contribution in [0.5, 0.6) is 0 Å². The highest BCUT2D eigenvalue weighted by Gasteiger charge is 2.17. The lowest BCUT2D eigenvalue weighted by atomic mass is 9.99. The van der Waals surface area contributed by atoms with Gasteiger partial charge in [-0.1, -0.05) is 0 Å². The van der Waals surface area contributed by atoms with Crippen LogP contribution in [0.3, 0.4) is 0 Å². The Bertz CT molecular complexity index is 209. The summed E-state index contributed by atoms with van der Waals surface area (Å²) in [7, 11) is 2.20. The van der Waals surface area contributed by atoms with Crippen molar-refractivity contribution in [2.75, 3.05) is 46.3 Å². The lowest BCUT2D eigenvalue weighted by molar-refractivity contribution is 0.0564. The Morgan fingerprint density at radius 2 is 1.94 bits per heavy atom. The number of unbranched alkanes of at least 4 members (excludes halogenated alkanes) is 1. The fourth-order valence-corrected chi connectivity index (χ4v) is 2.27. The molecule has 1 unspecified atom stereocenters. The highest BCUT2D eigenvalue weighted by Crippen LogP contribution is 2.12. The van der Waals surface area contributed by atoms with Gasteiger partial charge in [-0.05, 0) is 59.3 Å². The minimum atomic E-state index is -0.668. The minimum absolute atomic E-state index is 0.363. The van der Waals surface area contributed by atoms with E-state index < -0.39 is 5.60 Å². The van der Waals surface area contributed by atoms with Gasteiger partial charge in [0.15, 0.2) is 0 Å². The summed E-state index contributed by atoms with van der Waals surface area (Å²) >= 11 is 0. The highest BCUT2D eigenvalue weighted by molar-refractivity contribution is 4.73. The topological polar surface area (TPSA) is 52.7 Å². The predicted molar refractivity (Wildman–Crippen MR) is 72.1 cm³/mol. The highest BCUT2D eigenvalue weighted by atomic mass is 16.3. The lowest BCUT2D eigenvalue weighted by Crippen LogP contribution is -2.34. The van der Waals surface area contributed by atoms with Crippen molar-refractivity contribution in [3.63, 3.8) is 0 Å². The predicted octanol–water partition coefficient (Wildman–Crippen LogP) is 0.504. The molecule has 1 aliphatic heterocycles. The van der Waals surface area contributed by atoms with E-state index in [0.717, 1.165) is 19.4 Å². The molecule has 4 heteroatoms. The summed E-state index contributed by atoms with van der Waals surface area (Å²) in [6.45, 7) is 8.16. The zero-order valence-electron chi connectivity index (χ0n) is 11.5.